The van der Waals surface area contributed by atoms with E-state index < -0.39 is 54.2 Å². The van der Waals surface area contributed by atoms with Gasteiger partial charge in [-0.05, 0) is 0 Å². The number of ether oxygens (including phenoxy) is 2. The van der Waals surface area contributed by atoms with Crippen LogP contribution in [0.25, 0.3) is 22.3 Å². The Kier molecular flexibility index (Phi) is 6.25. The van der Waals surface area contributed by atoms with Gasteiger partial charge in [0.05, 0.1) is 38.1 Å². The monoisotopic (exact) mass is 572 g/mol. The largest absolute Gasteiger partial charge is 0.394 e. The Labute approximate surface area is 229 Å². The zero-order valence-electron chi connectivity index (χ0n) is 21.5. The number of nitrogens with one attached hydrogen (secondary N) is 3. The molecule has 0 saturated carbocycles. The number of anilines is 2. The van der Waals surface area contributed by atoms with Gasteiger partial charge in [0.1, 0.15) is 30.8 Å². The van der Waals surface area contributed by atoms with Crippen LogP contribution in [0.4, 0.5) is 11.9 Å². The number of H-pyrrole nitrogens is 1. The Balaban J connectivity index is 1.22. The van der Waals surface area contributed by atoms with Crippen molar-refractivity contribution in [3.63, 3.8) is 0 Å². The van der Waals surface area contributed by atoms with E-state index in [2.05, 4.69) is 35.6 Å². The van der Waals surface area contributed by atoms with E-state index in [-0.39, 0.29) is 60.3 Å². The van der Waals surface area contributed by atoms with Crippen LogP contribution >= 0.6 is 0 Å². The van der Waals surface area contributed by atoms with E-state index in [0.29, 0.717) is 13.0 Å². The molecule has 41 heavy (non-hydrogen) atoms. The molecule has 3 aliphatic rings. The average molecular weight is 573 g/mol. The maximum Gasteiger partial charge on any atom is 0.284 e. The summed E-state index contributed by atoms with van der Waals surface area (Å²) in [5.74, 6) is 0.349. The molecule has 0 radical (unpaired) electrons. The minimum atomic E-state index is -0.880. The molecule has 218 valence electrons. The van der Waals surface area contributed by atoms with Gasteiger partial charge in [-0.2, -0.15) is 9.97 Å². The molecule has 18 nitrogen and oxygen atoms in total. The highest BCUT2D eigenvalue weighted by atomic mass is 16.5. The van der Waals surface area contributed by atoms with Crippen LogP contribution < -0.4 is 21.8 Å². The number of nitrogens with zero attached hydrogens (tertiary/aromatic N) is 7. The predicted octanol–water partition coefficient (Wildman–Crippen LogP) is -2.27. The van der Waals surface area contributed by atoms with Gasteiger partial charge >= 0.3 is 0 Å². The van der Waals surface area contributed by atoms with E-state index in [1.165, 1.54) is 21.8 Å². The van der Waals surface area contributed by atoms with Crippen molar-refractivity contribution in [2.75, 3.05) is 30.4 Å². The molecule has 3 aliphatic heterocycles. The number of aromatic amines is 1. The highest BCUT2D eigenvalue weighted by molar-refractivity contribution is 5.72. The lowest BCUT2D eigenvalue weighted by atomic mass is 10.2. The zero-order valence-corrected chi connectivity index (χ0v) is 21.5. The Morgan fingerprint density at radius 3 is 2.15 bits per heavy atom. The van der Waals surface area contributed by atoms with Crippen molar-refractivity contribution in [2.24, 2.45) is 0 Å². The molecule has 0 aliphatic carbocycles. The number of aliphatic hydroxyl groups is 4. The van der Waals surface area contributed by atoms with Crippen LogP contribution in [0.5, 0.6) is 0 Å². The fourth-order valence-corrected chi connectivity index (χ4v) is 5.66. The second-order valence-corrected chi connectivity index (χ2v) is 10.3. The molecule has 4 aromatic heterocycles. The summed E-state index contributed by atoms with van der Waals surface area (Å²) in [5, 5.41) is 45.4. The summed E-state index contributed by atoms with van der Waals surface area (Å²) in [5.41, 5.74) is -0.326. The summed E-state index contributed by atoms with van der Waals surface area (Å²) in [4.78, 5) is 46.7. The van der Waals surface area contributed by atoms with E-state index in [0.717, 1.165) is 0 Å². The third-order valence-electron chi connectivity index (χ3n) is 7.77. The van der Waals surface area contributed by atoms with E-state index in [4.69, 9.17) is 9.47 Å². The third kappa shape index (κ3) is 4.18. The number of rotatable bonds is 6. The molecule has 0 amide bonds. The van der Waals surface area contributed by atoms with Gasteiger partial charge in [0, 0.05) is 25.8 Å². The first-order valence-corrected chi connectivity index (χ1v) is 13.2. The van der Waals surface area contributed by atoms with Crippen molar-refractivity contribution in [1.29, 1.82) is 0 Å². The second-order valence-electron chi connectivity index (χ2n) is 10.3. The van der Waals surface area contributed by atoms with Crippen LogP contribution in [0, 0.1) is 0 Å². The molecule has 0 aromatic carbocycles. The van der Waals surface area contributed by atoms with Crippen LogP contribution in [0.15, 0.2) is 22.2 Å². The standard InChI is InChI=1S/C23H28N10O8/c34-5-11-9(36)3-14(40-11)31-7-25-16-18(31)28-22(30-20(16)38)27-13-1-2-24-23-29-19-17(21(39)33(13)23)26-8-32(19)15-4-10(37)12(6-35)41-15/h7-15,34-37H,1-6H2,(H,24,29)(H2,27,28,30,38)/t9-,10-,11+,12+,13?,14+,15+/m0/s1. The first-order chi connectivity index (χ1) is 19.9. The highest BCUT2D eigenvalue weighted by Gasteiger charge is 2.37. The van der Waals surface area contributed by atoms with Gasteiger partial charge in [0.15, 0.2) is 22.3 Å². The SMILES string of the molecule is O=c1[nH]c(NC2CCNc3nc4c(ncn4[C@H]4C[C@H](O)[C@@H](CO)O4)c(=O)n32)nc2c1ncn2[C@H]1C[C@H](O)[C@@H](CO)O1. The van der Waals surface area contributed by atoms with Gasteiger partial charge in [0.25, 0.3) is 11.1 Å². The Morgan fingerprint density at radius 2 is 1.54 bits per heavy atom. The Morgan fingerprint density at radius 1 is 0.927 bits per heavy atom. The molecule has 7 N–H and O–H groups in total. The average Bonchev–Trinajstić information content (AvgIpc) is 3.73. The van der Waals surface area contributed by atoms with Crippen LogP contribution in [0.2, 0.25) is 0 Å². The quantitative estimate of drug-likeness (QED) is 0.129. The van der Waals surface area contributed by atoms with Crippen LogP contribution in [-0.2, 0) is 9.47 Å². The third-order valence-corrected chi connectivity index (χ3v) is 7.77. The molecular weight excluding hydrogens is 544 g/mol. The lowest BCUT2D eigenvalue weighted by Crippen LogP contribution is -2.38. The van der Waals surface area contributed by atoms with Gasteiger partial charge in [-0.1, -0.05) is 0 Å². The Bertz CT molecular complexity index is 1730. The number of aliphatic hydroxyl groups excluding tert-OH is 4. The summed E-state index contributed by atoms with van der Waals surface area (Å²) >= 11 is 0. The summed E-state index contributed by atoms with van der Waals surface area (Å²) in [6.07, 6.45) is -1.58. The molecule has 0 spiro atoms. The molecule has 1 unspecified atom stereocenters. The molecule has 18 heteroatoms. The molecule has 2 fully saturated rings. The fraction of sp³-hybridized carbons (Fsp3) is 0.565. The minimum absolute atomic E-state index is 0.0700. The molecule has 7 atom stereocenters. The van der Waals surface area contributed by atoms with Crippen molar-refractivity contribution < 1.29 is 29.9 Å². The number of aromatic nitrogens is 8. The fourth-order valence-electron chi connectivity index (χ4n) is 5.66. The molecule has 2 saturated heterocycles. The predicted molar refractivity (Wildman–Crippen MR) is 139 cm³/mol. The zero-order chi connectivity index (χ0) is 28.4. The molecule has 4 aromatic rings. The normalized spacial score (nSPS) is 29.7. The number of hydrogen-bond donors (Lipinski definition) is 7. The molecule has 7 heterocycles. The molecular formula is C23H28N10O8. The summed E-state index contributed by atoms with van der Waals surface area (Å²) < 4.78 is 15.9. The minimum Gasteiger partial charge on any atom is -0.394 e. The van der Waals surface area contributed by atoms with Crippen molar-refractivity contribution in [1.82, 2.24) is 38.6 Å². The van der Waals surface area contributed by atoms with Gasteiger partial charge in [0.2, 0.25) is 11.9 Å². The van der Waals surface area contributed by atoms with Gasteiger partial charge < -0.3 is 40.5 Å². The van der Waals surface area contributed by atoms with Crippen LogP contribution in [-0.4, -0.2) is 103 Å². The van der Waals surface area contributed by atoms with E-state index in [1.807, 2.05) is 0 Å². The maximum absolute atomic E-state index is 13.6. The lowest BCUT2D eigenvalue weighted by molar-refractivity contribution is -0.0432. The van der Waals surface area contributed by atoms with Crippen molar-refractivity contribution in [2.45, 2.75) is 62.3 Å². The highest BCUT2D eigenvalue weighted by Crippen LogP contribution is 2.32. The first-order valence-electron chi connectivity index (χ1n) is 13.2. The van der Waals surface area contributed by atoms with E-state index in [1.54, 1.807) is 4.57 Å². The number of hydrogen-bond acceptors (Lipinski definition) is 14. The van der Waals surface area contributed by atoms with Crippen LogP contribution in [0.3, 0.4) is 0 Å². The van der Waals surface area contributed by atoms with Gasteiger partial charge in [-0.25, -0.2) is 9.97 Å². The molecule has 7 rings (SSSR count). The van der Waals surface area contributed by atoms with Crippen molar-refractivity contribution in [3.8, 4) is 0 Å². The van der Waals surface area contributed by atoms with Crippen molar-refractivity contribution >= 4 is 34.2 Å². The van der Waals surface area contributed by atoms with Crippen LogP contribution in [0.1, 0.15) is 37.9 Å². The van der Waals surface area contributed by atoms with Gasteiger partial charge in [-0.15, -0.1) is 0 Å². The molecule has 0 bridgehead atoms. The summed E-state index contributed by atoms with van der Waals surface area (Å²) in [7, 11) is 0. The maximum atomic E-state index is 13.6. The van der Waals surface area contributed by atoms with E-state index >= 15 is 0 Å². The first kappa shape index (κ1) is 26.0. The summed E-state index contributed by atoms with van der Waals surface area (Å²) in [6.45, 7) is -0.241. The number of fused-ring (bicyclic) bond motifs is 3. The second kappa shape index (κ2) is 9.86. The Hall–Kier alpha value is -3.94. The lowest BCUT2D eigenvalue weighted by Gasteiger charge is -2.28. The topological polar surface area (TPSA) is 240 Å². The smallest absolute Gasteiger partial charge is 0.284 e. The van der Waals surface area contributed by atoms with E-state index in [9.17, 15) is 30.0 Å². The van der Waals surface area contributed by atoms with Gasteiger partial charge in [-0.3, -0.25) is 28.3 Å². The van der Waals surface area contributed by atoms with Crippen molar-refractivity contribution in [3.05, 3.63) is 33.4 Å². The number of imidazole rings is 2. The summed E-state index contributed by atoms with van der Waals surface area (Å²) in [6, 6.07) is 0.